The van der Waals surface area contributed by atoms with Crippen LogP contribution in [0.1, 0.15) is 35.2 Å². The summed E-state index contributed by atoms with van der Waals surface area (Å²) in [6.07, 6.45) is 3.90. The van der Waals surface area contributed by atoms with Crippen molar-refractivity contribution in [1.82, 2.24) is 9.88 Å². The first-order valence-electron chi connectivity index (χ1n) is 11.1. The Balaban J connectivity index is 1.22. The molecule has 3 aliphatic rings. The summed E-state index contributed by atoms with van der Waals surface area (Å²) >= 11 is 0. The summed E-state index contributed by atoms with van der Waals surface area (Å²) < 4.78 is 16.2. The first-order chi connectivity index (χ1) is 16.0. The number of ether oxygens (including phenoxy) is 3. The van der Waals surface area contributed by atoms with Crippen molar-refractivity contribution in [3.05, 3.63) is 47.7 Å². The van der Waals surface area contributed by atoms with Gasteiger partial charge in [0.2, 0.25) is 5.88 Å². The minimum Gasteiger partial charge on any atom is -0.479 e. The Morgan fingerprint density at radius 3 is 2.73 bits per heavy atom. The zero-order chi connectivity index (χ0) is 22.9. The molecule has 33 heavy (non-hydrogen) atoms. The van der Waals surface area contributed by atoms with Gasteiger partial charge in [0, 0.05) is 36.8 Å². The van der Waals surface area contributed by atoms with Crippen LogP contribution in [0, 0.1) is 5.92 Å². The van der Waals surface area contributed by atoms with Gasteiger partial charge in [-0.15, -0.1) is 0 Å². The summed E-state index contributed by atoms with van der Waals surface area (Å²) in [6, 6.07) is 8.87. The minimum absolute atomic E-state index is 0.101. The second-order valence-corrected chi connectivity index (χ2v) is 8.55. The Labute approximate surface area is 191 Å². The maximum Gasteiger partial charge on any atom is 0.325 e. The van der Waals surface area contributed by atoms with Gasteiger partial charge in [-0.3, -0.25) is 14.4 Å². The third kappa shape index (κ3) is 4.48. The van der Waals surface area contributed by atoms with Crippen LogP contribution in [0.5, 0.6) is 11.6 Å². The quantitative estimate of drug-likeness (QED) is 0.568. The molecule has 1 atom stereocenters. The maximum atomic E-state index is 13.0. The zero-order valence-corrected chi connectivity index (χ0v) is 18.4. The fraction of sp³-hybridized carbons (Fsp3) is 0.417. The van der Waals surface area contributed by atoms with Crippen molar-refractivity contribution >= 4 is 23.5 Å². The van der Waals surface area contributed by atoms with E-state index in [1.54, 1.807) is 29.3 Å². The van der Waals surface area contributed by atoms with Gasteiger partial charge in [-0.25, -0.2) is 4.98 Å². The number of esters is 1. The first kappa shape index (κ1) is 21.2. The zero-order valence-electron chi connectivity index (χ0n) is 18.4. The van der Waals surface area contributed by atoms with E-state index in [0.717, 1.165) is 5.56 Å². The van der Waals surface area contributed by atoms with Crippen molar-refractivity contribution in [2.24, 2.45) is 5.92 Å². The lowest BCUT2D eigenvalue weighted by Crippen LogP contribution is -2.32. The van der Waals surface area contributed by atoms with Crippen LogP contribution < -0.4 is 14.4 Å². The number of fused-ring (bicyclic) bond motifs is 1. The average molecular weight is 451 g/mol. The molecule has 1 saturated carbocycles. The predicted octanol–water partition coefficient (Wildman–Crippen LogP) is 2.18. The Hall–Kier alpha value is -3.62. The lowest BCUT2D eigenvalue weighted by Gasteiger charge is -2.18. The topological polar surface area (TPSA) is 98.3 Å². The summed E-state index contributed by atoms with van der Waals surface area (Å²) in [5.74, 6) is 0.834. The molecule has 2 fully saturated rings. The van der Waals surface area contributed by atoms with Crippen LogP contribution in [0.4, 0.5) is 5.69 Å². The Kier molecular flexibility index (Phi) is 5.62. The molecule has 2 amide bonds. The van der Waals surface area contributed by atoms with Crippen LogP contribution in [0.3, 0.4) is 0 Å². The van der Waals surface area contributed by atoms with E-state index >= 15 is 0 Å². The molecule has 172 valence electrons. The Morgan fingerprint density at radius 1 is 1.15 bits per heavy atom. The summed E-state index contributed by atoms with van der Waals surface area (Å²) in [4.78, 5) is 44.6. The van der Waals surface area contributed by atoms with Gasteiger partial charge in [0.15, 0.2) is 6.10 Å². The molecule has 9 nitrogen and oxygen atoms in total. The van der Waals surface area contributed by atoms with Crippen LogP contribution in [0.25, 0.3) is 0 Å². The lowest BCUT2D eigenvalue weighted by molar-refractivity contribution is -0.141. The minimum atomic E-state index is -0.621. The van der Waals surface area contributed by atoms with Crippen molar-refractivity contribution < 1.29 is 28.6 Å². The van der Waals surface area contributed by atoms with Gasteiger partial charge in [-0.05, 0) is 42.5 Å². The third-order valence-electron chi connectivity index (χ3n) is 6.14. The number of nitrogens with zero attached hydrogens (tertiary/aromatic N) is 3. The van der Waals surface area contributed by atoms with Crippen LogP contribution in [-0.4, -0.2) is 60.6 Å². The van der Waals surface area contributed by atoms with Gasteiger partial charge in [0.05, 0.1) is 19.9 Å². The summed E-state index contributed by atoms with van der Waals surface area (Å²) in [5.41, 5.74) is 1.96. The molecule has 0 N–H and O–H groups in total. The Morgan fingerprint density at radius 2 is 2.00 bits per heavy atom. The van der Waals surface area contributed by atoms with Gasteiger partial charge in [-0.2, -0.15) is 0 Å². The van der Waals surface area contributed by atoms with Crippen molar-refractivity contribution in [2.45, 2.75) is 31.9 Å². The molecule has 0 bridgehead atoms. The van der Waals surface area contributed by atoms with Crippen molar-refractivity contribution in [2.75, 3.05) is 31.7 Å². The molecule has 2 aliphatic heterocycles. The van der Waals surface area contributed by atoms with Crippen LogP contribution >= 0.6 is 0 Å². The van der Waals surface area contributed by atoms with Gasteiger partial charge >= 0.3 is 5.97 Å². The third-order valence-corrected chi connectivity index (χ3v) is 6.14. The number of pyridine rings is 1. The van der Waals surface area contributed by atoms with E-state index in [1.807, 2.05) is 12.1 Å². The molecule has 5 rings (SSSR count). The number of benzene rings is 1. The summed E-state index contributed by atoms with van der Waals surface area (Å²) in [7, 11) is 1.29. The average Bonchev–Trinajstić information content (AvgIpc) is 3.53. The fourth-order valence-electron chi connectivity index (χ4n) is 4.06. The van der Waals surface area contributed by atoms with Crippen LogP contribution in [0.2, 0.25) is 0 Å². The molecule has 1 aliphatic carbocycles. The number of carbonyl (C=O) groups excluding carboxylic acids is 3. The maximum absolute atomic E-state index is 13.0. The lowest BCUT2D eigenvalue weighted by atomic mass is 10.1. The fourth-order valence-corrected chi connectivity index (χ4v) is 4.06. The largest absolute Gasteiger partial charge is 0.479 e. The second-order valence-electron chi connectivity index (χ2n) is 8.55. The molecule has 1 aromatic heterocycles. The highest BCUT2D eigenvalue weighted by Gasteiger charge is 2.36. The molecule has 1 aromatic carbocycles. The molecule has 0 unspecified atom stereocenters. The van der Waals surface area contributed by atoms with Crippen molar-refractivity contribution in [1.29, 1.82) is 0 Å². The first-order valence-corrected chi connectivity index (χ1v) is 11.1. The van der Waals surface area contributed by atoms with E-state index < -0.39 is 12.1 Å². The summed E-state index contributed by atoms with van der Waals surface area (Å²) in [6.45, 7) is 1.41. The number of aromatic nitrogens is 1. The molecule has 2 aromatic rings. The molecule has 9 heteroatoms. The SMILES string of the molecule is COC(=O)CN1Cc2ccc(N3CC[C@@H](Oc4ccc(OCC5CC5)nc4)C3=O)cc2C1=O. The monoisotopic (exact) mass is 451 g/mol. The molecular formula is C24H25N3O6. The van der Waals surface area contributed by atoms with Crippen molar-refractivity contribution in [3.63, 3.8) is 0 Å². The highest BCUT2D eigenvalue weighted by molar-refractivity contribution is 6.03. The number of methoxy groups -OCH3 is 1. The van der Waals surface area contributed by atoms with E-state index in [1.165, 1.54) is 24.9 Å². The number of rotatable bonds is 8. The Bertz CT molecular complexity index is 1080. The van der Waals surface area contributed by atoms with Gasteiger partial charge in [-0.1, -0.05) is 6.07 Å². The van der Waals surface area contributed by atoms with Gasteiger partial charge in [0.25, 0.3) is 11.8 Å². The highest BCUT2D eigenvalue weighted by Crippen LogP contribution is 2.31. The van der Waals surface area contributed by atoms with Crippen LogP contribution in [0.15, 0.2) is 36.5 Å². The number of hydrogen-bond acceptors (Lipinski definition) is 7. The summed E-state index contributed by atoms with van der Waals surface area (Å²) in [5, 5.41) is 0. The van der Waals surface area contributed by atoms with Crippen LogP contribution in [-0.2, 0) is 20.9 Å². The van der Waals surface area contributed by atoms with E-state index in [2.05, 4.69) is 9.72 Å². The van der Waals surface area contributed by atoms with Gasteiger partial charge < -0.3 is 24.0 Å². The second kappa shape index (κ2) is 8.73. The van der Waals surface area contributed by atoms with E-state index in [0.29, 0.717) is 54.9 Å². The normalized spacial score (nSPS) is 19.6. The van der Waals surface area contributed by atoms with Gasteiger partial charge in [0.1, 0.15) is 12.3 Å². The molecular weight excluding hydrogens is 426 g/mol. The highest BCUT2D eigenvalue weighted by atomic mass is 16.5. The van der Waals surface area contributed by atoms with E-state index in [4.69, 9.17) is 9.47 Å². The molecule has 0 spiro atoms. The number of hydrogen-bond donors (Lipinski definition) is 0. The number of carbonyl (C=O) groups is 3. The van der Waals surface area contributed by atoms with E-state index in [9.17, 15) is 14.4 Å². The number of anilines is 1. The predicted molar refractivity (Wildman–Crippen MR) is 117 cm³/mol. The number of amides is 2. The molecule has 1 saturated heterocycles. The molecule has 3 heterocycles. The standard InChI is InChI=1S/C24H25N3O6/c1-31-22(28)13-26-12-16-4-5-17(10-19(16)23(26)29)27-9-8-20(24(27)30)33-18-6-7-21(25-11-18)32-14-15-2-3-15/h4-7,10-11,15,20H,2-3,8-9,12-14H2,1H3/t20-/m1/s1. The van der Waals surface area contributed by atoms with E-state index in [-0.39, 0.29) is 18.4 Å². The van der Waals surface area contributed by atoms with Crippen molar-refractivity contribution in [3.8, 4) is 11.6 Å². The smallest absolute Gasteiger partial charge is 0.325 e. The molecule has 0 radical (unpaired) electrons.